The van der Waals surface area contributed by atoms with Crippen LogP contribution in [-0.2, 0) is 9.53 Å². The van der Waals surface area contributed by atoms with Crippen molar-refractivity contribution in [1.29, 1.82) is 0 Å². The predicted octanol–water partition coefficient (Wildman–Crippen LogP) is 6.74. The largest absolute Gasteiger partial charge is 0.494 e. The summed E-state index contributed by atoms with van der Waals surface area (Å²) in [4.78, 5) is 28.7. The maximum atomic E-state index is 13.3. The van der Waals surface area contributed by atoms with Gasteiger partial charge in [0.2, 0.25) is 0 Å². The molecule has 0 aliphatic carbocycles. The summed E-state index contributed by atoms with van der Waals surface area (Å²) in [5, 5.41) is 10.1. The van der Waals surface area contributed by atoms with E-state index in [1.807, 2.05) is 36.4 Å². The quantitative estimate of drug-likeness (QED) is 0.128. The molecule has 12 heteroatoms. The third-order valence-corrected chi connectivity index (χ3v) is 8.83. The van der Waals surface area contributed by atoms with Gasteiger partial charge in [-0.15, -0.1) is 0 Å². The smallest absolute Gasteiger partial charge is 0.335 e. The van der Waals surface area contributed by atoms with Crippen LogP contribution >= 0.6 is 47.2 Å². The molecule has 0 unspecified atom stereocenters. The average Bonchev–Trinajstić information content (AvgIpc) is 3.27. The van der Waals surface area contributed by atoms with E-state index in [0.717, 1.165) is 49.5 Å². The van der Waals surface area contributed by atoms with Crippen LogP contribution in [0.25, 0.3) is 17.2 Å². The Kier molecular flexibility index (Phi) is 11.2. The van der Waals surface area contributed by atoms with Crippen LogP contribution in [0.2, 0.25) is 10.0 Å². The highest BCUT2D eigenvalue weighted by atomic mass is 35.5. The van der Waals surface area contributed by atoms with E-state index >= 15 is 0 Å². The van der Waals surface area contributed by atoms with Crippen LogP contribution < -0.4 is 9.47 Å². The molecule has 2 aliphatic rings. The third-order valence-electron chi connectivity index (χ3n) is 7.01. The summed E-state index contributed by atoms with van der Waals surface area (Å²) in [6.45, 7) is 5.26. The number of carboxylic acids is 1. The van der Waals surface area contributed by atoms with Gasteiger partial charge in [-0.2, -0.15) is 0 Å². The Bertz CT molecular complexity index is 1540. The van der Waals surface area contributed by atoms with Gasteiger partial charge < -0.3 is 19.3 Å². The molecule has 0 atom stereocenters. The maximum absolute atomic E-state index is 13.3. The minimum absolute atomic E-state index is 0.163. The summed E-state index contributed by atoms with van der Waals surface area (Å²) in [5.41, 5.74) is 2.62. The maximum Gasteiger partial charge on any atom is 0.335 e. The second-order valence-corrected chi connectivity index (χ2v) is 12.6. The Morgan fingerprint density at radius 3 is 2.41 bits per heavy atom. The van der Waals surface area contributed by atoms with Crippen LogP contribution in [0.5, 0.6) is 11.5 Å². The van der Waals surface area contributed by atoms with Crippen molar-refractivity contribution in [3.05, 3.63) is 86.7 Å². The van der Waals surface area contributed by atoms with E-state index in [-0.39, 0.29) is 11.5 Å². The summed E-state index contributed by atoms with van der Waals surface area (Å²) in [5.74, 6) is 0.0984. The van der Waals surface area contributed by atoms with Crippen molar-refractivity contribution in [1.82, 2.24) is 9.80 Å². The van der Waals surface area contributed by atoms with Crippen molar-refractivity contribution < 1.29 is 28.9 Å². The third kappa shape index (κ3) is 8.53. The number of hydrogen-bond acceptors (Lipinski definition) is 8. The summed E-state index contributed by atoms with van der Waals surface area (Å²) in [7, 11) is 0. The Labute approximate surface area is 275 Å². The topological polar surface area (TPSA) is 88.5 Å². The summed E-state index contributed by atoms with van der Waals surface area (Å²) in [6.07, 6.45) is 2.38. The lowest BCUT2D eigenvalue weighted by atomic mass is 10.0. The summed E-state index contributed by atoms with van der Waals surface area (Å²) < 4.78 is 17.8. The number of carboxylic acid groups (broad SMARTS) is 1. The first-order valence-electron chi connectivity index (χ1n) is 14.0. The van der Waals surface area contributed by atoms with Crippen molar-refractivity contribution in [3.63, 3.8) is 0 Å². The Morgan fingerprint density at radius 1 is 0.977 bits per heavy atom. The van der Waals surface area contributed by atoms with Crippen LogP contribution in [0, 0.1) is 0 Å². The van der Waals surface area contributed by atoms with Crippen LogP contribution in [-0.4, -0.2) is 83.7 Å². The number of amides is 1. The Balaban J connectivity index is 1.25. The van der Waals surface area contributed by atoms with Gasteiger partial charge in [0.15, 0.2) is 0 Å². The molecule has 0 saturated carbocycles. The number of morpholine rings is 1. The van der Waals surface area contributed by atoms with Gasteiger partial charge in [-0.05, 0) is 78.2 Å². The van der Waals surface area contributed by atoms with E-state index < -0.39 is 5.97 Å². The fourth-order valence-electron chi connectivity index (χ4n) is 4.76. The minimum atomic E-state index is -0.993. The molecule has 44 heavy (non-hydrogen) atoms. The van der Waals surface area contributed by atoms with Crippen molar-refractivity contribution in [2.24, 2.45) is 0 Å². The molecule has 230 valence electrons. The number of rotatable bonds is 12. The fourth-order valence-corrected chi connectivity index (χ4v) is 6.59. The number of thiocarbonyl (C=S) groups is 1. The molecule has 2 heterocycles. The van der Waals surface area contributed by atoms with Crippen molar-refractivity contribution >= 4 is 69.5 Å². The Hall–Kier alpha value is -3.12. The predicted molar refractivity (Wildman–Crippen MR) is 178 cm³/mol. The molecule has 1 N–H and O–H groups in total. The molecule has 0 aromatic heterocycles. The zero-order valence-corrected chi connectivity index (χ0v) is 26.8. The van der Waals surface area contributed by atoms with Crippen LogP contribution in [0.1, 0.15) is 22.3 Å². The molecule has 5 rings (SSSR count). The van der Waals surface area contributed by atoms with Crippen LogP contribution in [0.15, 0.2) is 65.6 Å². The van der Waals surface area contributed by atoms with E-state index in [2.05, 4.69) is 4.90 Å². The molecule has 0 spiro atoms. The minimum Gasteiger partial charge on any atom is -0.494 e. The highest BCUT2D eigenvalue weighted by Gasteiger charge is 2.31. The molecule has 2 fully saturated rings. The van der Waals surface area contributed by atoms with Gasteiger partial charge in [-0.1, -0.05) is 53.2 Å². The van der Waals surface area contributed by atoms with Crippen molar-refractivity contribution in [2.45, 2.75) is 6.42 Å². The van der Waals surface area contributed by atoms with Crippen LogP contribution in [0.3, 0.4) is 0 Å². The molecule has 3 aromatic rings. The number of halogens is 2. The molecule has 0 radical (unpaired) electrons. The van der Waals surface area contributed by atoms with Gasteiger partial charge in [0.25, 0.3) is 5.91 Å². The van der Waals surface area contributed by atoms with Gasteiger partial charge in [0, 0.05) is 41.8 Å². The van der Waals surface area contributed by atoms with Crippen molar-refractivity contribution in [2.75, 3.05) is 52.6 Å². The highest BCUT2D eigenvalue weighted by Crippen LogP contribution is 2.37. The van der Waals surface area contributed by atoms with E-state index in [9.17, 15) is 9.59 Å². The molecular formula is C32H30Cl2N2O6S2. The fraction of sp³-hybridized carbons (Fsp3) is 0.281. The lowest BCUT2D eigenvalue weighted by Gasteiger charge is -2.26. The highest BCUT2D eigenvalue weighted by molar-refractivity contribution is 8.26. The number of carbonyl (C=O) groups excluding carboxylic acids is 1. The van der Waals surface area contributed by atoms with Gasteiger partial charge in [-0.25, -0.2) is 4.79 Å². The lowest BCUT2D eigenvalue weighted by Crippen LogP contribution is -2.38. The summed E-state index contributed by atoms with van der Waals surface area (Å²) >= 11 is 19.4. The normalized spacial score (nSPS) is 16.5. The second-order valence-electron chi connectivity index (χ2n) is 10.1. The van der Waals surface area contributed by atoms with Gasteiger partial charge in [-0.3, -0.25) is 14.6 Å². The average molecular weight is 674 g/mol. The van der Waals surface area contributed by atoms with Gasteiger partial charge in [0.05, 0.1) is 30.3 Å². The number of hydrogen-bond donors (Lipinski definition) is 1. The second kappa shape index (κ2) is 15.2. The number of carbonyl (C=O) groups is 2. The van der Waals surface area contributed by atoms with E-state index in [4.69, 9.17) is 54.7 Å². The first-order chi connectivity index (χ1) is 21.3. The zero-order chi connectivity index (χ0) is 31.1. The standard InChI is InChI=1S/C32H30Cl2N2O6S2/c33-24-18-23(19-25(34)20-24)27-16-21(2-7-28(27)42-15-11-35-9-13-40-14-10-35)17-29-30(37)36(32(43)44-29)8-1-12-41-26-5-3-22(4-6-26)31(38)39/h2-7,16-20H,1,8-15H2,(H,38,39)/b29-17-. The first kappa shape index (κ1) is 32.3. The molecule has 3 aromatic carbocycles. The van der Waals surface area contributed by atoms with E-state index in [1.165, 1.54) is 23.9 Å². The molecular weight excluding hydrogens is 643 g/mol. The molecule has 2 saturated heterocycles. The number of aromatic carboxylic acids is 1. The lowest BCUT2D eigenvalue weighted by molar-refractivity contribution is -0.122. The Morgan fingerprint density at radius 2 is 1.70 bits per heavy atom. The molecule has 8 nitrogen and oxygen atoms in total. The van der Waals surface area contributed by atoms with E-state index in [1.54, 1.807) is 23.1 Å². The molecule has 2 aliphatic heterocycles. The van der Waals surface area contributed by atoms with Crippen LogP contribution in [0.4, 0.5) is 0 Å². The number of ether oxygens (including phenoxy) is 3. The monoisotopic (exact) mass is 672 g/mol. The SMILES string of the molecule is O=C(O)c1ccc(OCCCN2C(=O)/C(=C/c3ccc(OCCN4CCOCC4)c(-c4cc(Cl)cc(Cl)c4)c3)SC2=S)cc1. The van der Waals surface area contributed by atoms with Gasteiger partial charge >= 0.3 is 5.97 Å². The zero-order valence-electron chi connectivity index (χ0n) is 23.7. The number of benzene rings is 3. The van der Waals surface area contributed by atoms with E-state index in [0.29, 0.717) is 56.9 Å². The molecule has 0 bridgehead atoms. The molecule has 1 amide bonds. The number of nitrogens with zero attached hydrogens (tertiary/aromatic N) is 2. The first-order valence-corrected chi connectivity index (χ1v) is 16.0. The van der Waals surface area contributed by atoms with Crippen molar-refractivity contribution in [3.8, 4) is 22.6 Å². The van der Waals surface area contributed by atoms with Gasteiger partial charge in [0.1, 0.15) is 22.4 Å². The number of thioether (sulfide) groups is 1. The summed E-state index contributed by atoms with van der Waals surface area (Å²) in [6, 6.07) is 17.3.